The number of halogens is 6. The minimum absolute atomic E-state index is 0.0305. The summed E-state index contributed by atoms with van der Waals surface area (Å²) in [6.45, 7) is 0. The van der Waals surface area contributed by atoms with Gasteiger partial charge in [0.15, 0.2) is 0 Å². The lowest BCUT2D eigenvalue weighted by Crippen LogP contribution is -2.15. The molecule has 0 saturated heterocycles. The molecule has 0 N–H and O–H groups in total. The maximum Gasteiger partial charge on any atom is 0.416 e. The lowest BCUT2D eigenvalue weighted by Gasteiger charge is -2.13. The molecule has 3 aromatic rings. The summed E-state index contributed by atoms with van der Waals surface area (Å²) >= 11 is 0. The van der Waals surface area contributed by atoms with Crippen molar-refractivity contribution in [2.75, 3.05) is 0 Å². The largest absolute Gasteiger partial charge is 0.423 e. The quantitative estimate of drug-likeness (QED) is 0.265. The predicted octanol–water partition coefficient (Wildman–Crippen LogP) is 6.51. The Morgan fingerprint density at radius 1 is 0.742 bits per heavy atom. The zero-order chi connectivity index (χ0) is 22.6. The van der Waals surface area contributed by atoms with Gasteiger partial charge in [-0.05, 0) is 53.6 Å². The number of rotatable bonds is 4. The second kappa shape index (κ2) is 8.63. The molecule has 2 aromatic carbocycles. The van der Waals surface area contributed by atoms with Gasteiger partial charge in [-0.15, -0.1) is 0 Å². The molecule has 0 bridgehead atoms. The van der Waals surface area contributed by atoms with Gasteiger partial charge in [-0.1, -0.05) is 24.3 Å². The van der Waals surface area contributed by atoms with Crippen molar-refractivity contribution in [3.05, 3.63) is 94.8 Å². The fraction of sp³-hybridized carbons (Fsp3) is 0.0909. The number of hydrogen-bond acceptors (Lipinski definition) is 3. The second-order valence-corrected chi connectivity index (χ2v) is 6.37. The van der Waals surface area contributed by atoms with Gasteiger partial charge in [0, 0.05) is 12.4 Å². The third-order valence-electron chi connectivity index (χ3n) is 4.09. The van der Waals surface area contributed by atoms with Crippen molar-refractivity contribution in [1.82, 2.24) is 4.98 Å². The minimum atomic E-state index is -5.06. The molecule has 160 valence electrons. The van der Waals surface area contributed by atoms with Crippen LogP contribution in [-0.4, -0.2) is 11.0 Å². The van der Waals surface area contributed by atoms with Crippen molar-refractivity contribution in [2.24, 2.45) is 0 Å². The van der Waals surface area contributed by atoms with Crippen LogP contribution in [0, 0.1) is 0 Å². The first kappa shape index (κ1) is 22.1. The van der Waals surface area contributed by atoms with Crippen LogP contribution >= 0.6 is 0 Å². The molecular formula is C22H13F6NO2. The smallest absolute Gasteiger partial charge is 0.416 e. The van der Waals surface area contributed by atoms with E-state index in [2.05, 4.69) is 4.98 Å². The summed E-state index contributed by atoms with van der Waals surface area (Å²) in [5.41, 5.74) is -2.41. The van der Waals surface area contributed by atoms with Crippen LogP contribution in [0.25, 0.3) is 12.2 Å². The van der Waals surface area contributed by atoms with Crippen LogP contribution in [0.15, 0.2) is 67.0 Å². The summed E-state index contributed by atoms with van der Waals surface area (Å²) in [5.74, 6) is -1.37. The van der Waals surface area contributed by atoms with Gasteiger partial charge in [0.25, 0.3) is 0 Å². The Bertz CT molecular complexity index is 1060. The summed E-state index contributed by atoms with van der Waals surface area (Å²) in [5, 5.41) is 0. The summed E-state index contributed by atoms with van der Waals surface area (Å²) in [4.78, 5) is 16.1. The van der Waals surface area contributed by atoms with Gasteiger partial charge in [-0.2, -0.15) is 26.3 Å². The average molecular weight is 437 g/mol. The number of carbonyl (C=O) groups is 1. The Kier molecular flexibility index (Phi) is 6.14. The number of pyridine rings is 1. The molecule has 0 aliphatic rings. The molecule has 31 heavy (non-hydrogen) atoms. The molecule has 3 rings (SSSR count). The number of ether oxygens (including phenoxy) is 1. The van der Waals surface area contributed by atoms with Gasteiger partial charge in [0.1, 0.15) is 5.75 Å². The maximum atomic E-state index is 12.9. The molecule has 0 aliphatic carbocycles. The first-order valence-electron chi connectivity index (χ1n) is 8.72. The summed E-state index contributed by atoms with van der Waals surface area (Å²) in [6, 6.07) is 10.1. The van der Waals surface area contributed by atoms with Crippen molar-refractivity contribution in [2.45, 2.75) is 12.4 Å². The number of hydrogen-bond donors (Lipinski definition) is 0. The van der Waals surface area contributed by atoms with Crippen LogP contribution < -0.4 is 4.74 Å². The number of aromatic nitrogens is 1. The van der Waals surface area contributed by atoms with Crippen molar-refractivity contribution in [3.8, 4) is 5.75 Å². The molecule has 0 saturated carbocycles. The predicted molar refractivity (Wildman–Crippen MR) is 101 cm³/mol. The number of nitrogens with zero attached hydrogens (tertiary/aromatic N) is 1. The van der Waals surface area contributed by atoms with Gasteiger partial charge >= 0.3 is 18.3 Å². The van der Waals surface area contributed by atoms with Crippen LogP contribution in [0.5, 0.6) is 5.75 Å². The molecule has 1 heterocycles. The van der Waals surface area contributed by atoms with Crippen molar-refractivity contribution in [1.29, 1.82) is 0 Å². The highest BCUT2D eigenvalue weighted by atomic mass is 19.4. The highest BCUT2D eigenvalue weighted by molar-refractivity contribution is 5.91. The Morgan fingerprint density at radius 3 is 1.71 bits per heavy atom. The molecule has 1 aromatic heterocycles. The first-order valence-corrected chi connectivity index (χ1v) is 8.72. The number of alkyl halides is 6. The van der Waals surface area contributed by atoms with E-state index >= 15 is 0 Å². The van der Waals surface area contributed by atoms with E-state index in [1.807, 2.05) is 6.08 Å². The van der Waals surface area contributed by atoms with Gasteiger partial charge in [0.05, 0.1) is 16.7 Å². The minimum Gasteiger partial charge on any atom is -0.423 e. The van der Waals surface area contributed by atoms with Crippen LogP contribution in [0.3, 0.4) is 0 Å². The highest BCUT2D eigenvalue weighted by Gasteiger charge is 2.37. The molecule has 3 nitrogen and oxygen atoms in total. The van der Waals surface area contributed by atoms with E-state index in [1.165, 1.54) is 12.1 Å². The number of carbonyl (C=O) groups excluding carboxylic acids is 1. The van der Waals surface area contributed by atoms with Crippen molar-refractivity contribution in [3.63, 3.8) is 0 Å². The van der Waals surface area contributed by atoms with E-state index in [9.17, 15) is 31.1 Å². The third kappa shape index (κ3) is 5.94. The Morgan fingerprint density at radius 2 is 1.23 bits per heavy atom. The zero-order valence-corrected chi connectivity index (χ0v) is 15.5. The van der Waals surface area contributed by atoms with E-state index in [0.29, 0.717) is 12.1 Å². The molecule has 0 aliphatic heterocycles. The second-order valence-electron chi connectivity index (χ2n) is 6.37. The summed E-state index contributed by atoms with van der Waals surface area (Å²) in [6.07, 6.45) is -3.29. The lowest BCUT2D eigenvalue weighted by molar-refractivity contribution is -0.143. The summed E-state index contributed by atoms with van der Waals surface area (Å²) in [7, 11) is 0. The topological polar surface area (TPSA) is 39.2 Å². The standard InChI is InChI=1S/C22H13F6NO2/c23-21(24,25)17-11-16(12-18(13-17)22(26,27)28)20(30)31-19-5-3-14(4-6-19)1-2-15-7-9-29-10-8-15/h1-13H/b2-1+. The number of benzene rings is 2. The van der Waals surface area contributed by atoms with Gasteiger partial charge < -0.3 is 4.74 Å². The Hall–Kier alpha value is -3.62. The molecule has 0 spiro atoms. The fourth-order valence-electron chi connectivity index (χ4n) is 2.55. The van der Waals surface area contributed by atoms with E-state index < -0.39 is 35.0 Å². The highest BCUT2D eigenvalue weighted by Crippen LogP contribution is 2.36. The van der Waals surface area contributed by atoms with Gasteiger partial charge in [-0.3, -0.25) is 4.98 Å². The van der Waals surface area contributed by atoms with Crippen LogP contribution in [-0.2, 0) is 12.4 Å². The SMILES string of the molecule is O=C(Oc1ccc(/C=C/c2ccncc2)cc1)c1cc(C(F)(F)F)cc(C(F)(F)F)c1. The van der Waals surface area contributed by atoms with Crippen LogP contribution in [0.1, 0.15) is 32.6 Å². The molecule has 0 amide bonds. The first-order chi connectivity index (χ1) is 14.5. The third-order valence-corrected chi connectivity index (χ3v) is 4.09. The van der Waals surface area contributed by atoms with Crippen LogP contribution in [0.4, 0.5) is 26.3 Å². The molecule has 0 atom stereocenters. The van der Waals surface area contributed by atoms with E-state index in [0.717, 1.165) is 11.1 Å². The maximum absolute atomic E-state index is 12.9. The molecule has 0 fully saturated rings. The van der Waals surface area contributed by atoms with Gasteiger partial charge in [-0.25, -0.2) is 4.79 Å². The Balaban J connectivity index is 1.79. The van der Waals surface area contributed by atoms with Crippen molar-refractivity contribution >= 4 is 18.1 Å². The van der Waals surface area contributed by atoms with E-state index in [-0.39, 0.29) is 11.8 Å². The fourth-order valence-corrected chi connectivity index (χ4v) is 2.55. The normalized spacial score (nSPS) is 12.2. The van der Waals surface area contributed by atoms with Crippen molar-refractivity contribution < 1.29 is 35.9 Å². The lowest BCUT2D eigenvalue weighted by atomic mass is 10.0. The van der Waals surface area contributed by atoms with E-state index in [4.69, 9.17) is 4.74 Å². The molecular weight excluding hydrogens is 424 g/mol. The Labute approximate surface area is 172 Å². The molecule has 0 unspecified atom stereocenters. The molecule has 9 heteroatoms. The van der Waals surface area contributed by atoms with Crippen LogP contribution in [0.2, 0.25) is 0 Å². The summed E-state index contributed by atoms with van der Waals surface area (Å²) < 4.78 is 82.6. The average Bonchev–Trinajstić information content (AvgIpc) is 2.72. The zero-order valence-electron chi connectivity index (χ0n) is 15.5. The number of esters is 1. The van der Waals surface area contributed by atoms with E-state index in [1.54, 1.807) is 42.7 Å². The monoisotopic (exact) mass is 437 g/mol. The van der Waals surface area contributed by atoms with Gasteiger partial charge in [0.2, 0.25) is 0 Å². The molecule has 0 radical (unpaired) electrons.